The van der Waals surface area contributed by atoms with Gasteiger partial charge in [-0.25, -0.2) is 0 Å². The number of thiophene rings is 1. The van der Waals surface area contributed by atoms with E-state index in [-0.39, 0.29) is 17.4 Å². The van der Waals surface area contributed by atoms with E-state index < -0.39 is 5.97 Å². The zero-order valence-corrected chi connectivity index (χ0v) is 11.4. The maximum atomic E-state index is 11.6. The highest BCUT2D eigenvalue weighted by Crippen LogP contribution is 2.14. The van der Waals surface area contributed by atoms with E-state index in [9.17, 15) is 14.4 Å². The summed E-state index contributed by atoms with van der Waals surface area (Å²) in [5.74, 6) is -0.590. The summed E-state index contributed by atoms with van der Waals surface area (Å²) in [7, 11) is 0. The lowest BCUT2D eigenvalue weighted by Gasteiger charge is -2.02. The van der Waals surface area contributed by atoms with Gasteiger partial charge in [-0.2, -0.15) is 0 Å². The standard InChI is InChI=1S/C11H13NO4S2/c1-7(13)8-4-9(18-5-8)11(16)12-2-3-17-6-10(14)15/h4-5H,2-3,6H2,1H3,(H,12,16)(H,14,15). The lowest BCUT2D eigenvalue weighted by atomic mass is 10.2. The van der Waals surface area contributed by atoms with E-state index in [1.54, 1.807) is 11.4 Å². The van der Waals surface area contributed by atoms with Crippen LogP contribution in [0.2, 0.25) is 0 Å². The van der Waals surface area contributed by atoms with Crippen LogP contribution in [0.25, 0.3) is 0 Å². The Morgan fingerprint density at radius 3 is 2.72 bits per heavy atom. The van der Waals surface area contributed by atoms with Gasteiger partial charge in [0.2, 0.25) is 0 Å². The van der Waals surface area contributed by atoms with Gasteiger partial charge in [0.15, 0.2) is 5.78 Å². The van der Waals surface area contributed by atoms with Gasteiger partial charge in [-0.05, 0) is 13.0 Å². The van der Waals surface area contributed by atoms with Crippen molar-refractivity contribution in [2.45, 2.75) is 6.92 Å². The molecule has 1 heterocycles. The summed E-state index contributed by atoms with van der Waals surface area (Å²) >= 11 is 2.46. The summed E-state index contributed by atoms with van der Waals surface area (Å²) in [5, 5.41) is 12.7. The summed E-state index contributed by atoms with van der Waals surface area (Å²) in [6.45, 7) is 1.86. The quantitative estimate of drug-likeness (QED) is 0.586. The Balaban J connectivity index is 2.32. The van der Waals surface area contributed by atoms with Crippen molar-refractivity contribution in [3.05, 3.63) is 21.9 Å². The van der Waals surface area contributed by atoms with Gasteiger partial charge in [-0.1, -0.05) is 0 Å². The van der Waals surface area contributed by atoms with Crippen molar-refractivity contribution in [1.29, 1.82) is 0 Å². The van der Waals surface area contributed by atoms with Gasteiger partial charge < -0.3 is 10.4 Å². The van der Waals surface area contributed by atoms with Crippen LogP contribution in [0, 0.1) is 0 Å². The predicted molar refractivity (Wildman–Crippen MR) is 71.6 cm³/mol. The number of carboxylic acids is 1. The van der Waals surface area contributed by atoms with Gasteiger partial charge in [0.05, 0.1) is 10.6 Å². The lowest BCUT2D eigenvalue weighted by molar-refractivity contribution is -0.133. The van der Waals surface area contributed by atoms with Crippen LogP contribution in [-0.2, 0) is 4.79 Å². The molecule has 1 aromatic heterocycles. The summed E-state index contributed by atoms with van der Waals surface area (Å²) < 4.78 is 0. The highest BCUT2D eigenvalue weighted by Gasteiger charge is 2.10. The van der Waals surface area contributed by atoms with Crippen LogP contribution < -0.4 is 5.32 Å². The molecule has 0 spiro atoms. The smallest absolute Gasteiger partial charge is 0.313 e. The van der Waals surface area contributed by atoms with Gasteiger partial charge >= 0.3 is 5.97 Å². The molecule has 0 aliphatic rings. The van der Waals surface area contributed by atoms with Crippen molar-refractivity contribution >= 4 is 40.8 Å². The normalized spacial score (nSPS) is 10.1. The molecule has 0 aromatic carbocycles. The first kappa shape index (κ1) is 14.7. The van der Waals surface area contributed by atoms with Crippen molar-refractivity contribution in [3.8, 4) is 0 Å². The average Bonchev–Trinajstić information content (AvgIpc) is 2.77. The molecule has 0 aliphatic heterocycles. The number of carboxylic acid groups (broad SMARTS) is 1. The van der Waals surface area contributed by atoms with Crippen molar-refractivity contribution in [2.24, 2.45) is 0 Å². The summed E-state index contributed by atoms with van der Waals surface area (Å²) in [6.07, 6.45) is 0. The number of rotatable bonds is 7. The van der Waals surface area contributed by atoms with Crippen LogP contribution in [0.4, 0.5) is 0 Å². The molecule has 5 nitrogen and oxygen atoms in total. The highest BCUT2D eigenvalue weighted by atomic mass is 32.2. The van der Waals surface area contributed by atoms with Gasteiger partial charge in [0, 0.05) is 23.2 Å². The van der Waals surface area contributed by atoms with E-state index in [2.05, 4.69) is 5.32 Å². The Hall–Kier alpha value is -1.34. The molecule has 0 saturated carbocycles. The Kier molecular flexibility index (Phi) is 5.87. The summed E-state index contributed by atoms with van der Waals surface area (Å²) in [6, 6.07) is 1.56. The molecule has 1 amide bonds. The molecule has 7 heteroatoms. The van der Waals surface area contributed by atoms with Gasteiger partial charge in [-0.15, -0.1) is 23.1 Å². The fourth-order valence-electron chi connectivity index (χ4n) is 1.12. The van der Waals surface area contributed by atoms with Gasteiger partial charge in [0.25, 0.3) is 5.91 Å². The monoisotopic (exact) mass is 287 g/mol. The number of ketones is 1. The Morgan fingerprint density at radius 2 is 2.17 bits per heavy atom. The molecule has 0 fully saturated rings. The second kappa shape index (κ2) is 7.17. The number of amides is 1. The molecule has 0 radical (unpaired) electrons. The number of carbonyl (C=O) groups excluding carboxylic acids is 2. The summed E-state index contributed by atoms with van der Waals surface area (Å²) in [5.41, 5.74) is 0.533. The molecule has 1 rings (SSSR count). The predicted octanol–water partition coefficient (Wildman–Crippen LogP) is 1.50. The SMILES string of the molecule is CC(=O)c1csc(C(=O)NCCSCC(=O)O)c1. The zero-order valence-electron chi connectivity index (χ0n) is 9.76. The zero-order chi connectivity index (χ0) is 13.5. The van der Waals surface area contributed by atoms with E-state index in [0.29, 0.717) is 22.7 Å². The number of thioether (sulfide) groups is 1. The molecule has 0 unspecified atom stereocenters. The van der Waals surface area contributed by atoms with E-state index in [4.69, 9.17) is 5.11 Å². The van der Waals surface area contributed by atoms with E-state index >= 15 is 0 Å². The molecule has 98 valence electrons. The fraction of sp³-hybridized carbons (Fsp3) is 0.364. The molecule has 0 aliphatic carbocycles. The minimum atomic E-state index is -0.865. The Labute approximate surface area is 113 Å². The van der Waals surface area contributed by atoms with Crippen LogP contribution in [0.5, 0.6) is 0 Å². The molecule has 0 saturated heterocycles. The first-order valence-electron chi connectivity index (χ1n) is 5.18. The summed E-state index contributed by atoms with van der Waals surface area (Å²) in [4.78, 5) is 33.4. The second-order valence-corrected chi connectivity index (χ2v) is 5.47. The van der Waals surface area contributed by atoms with Gasteiger partial charge in [-0.3, -0.25) is 14.4 Å². The van der Waals surface area contributed by atoms with Crippen LogP contribution in [0.15, 0.2) is 11.4 Å². The van der Waals surface area contributed by atoms with Crippen LogP contribution in [0.3, 0.4) is 0 Å². The number of Topliss-reactive ketones (excluding diaryl/α,β-unsaturated/α-hetero) is 1. The third kappa shape index (κ3) is 4.89. The maximum Gasteiger partial charge on any atom is 0.313 e. The molecular weight excluding hydrogens is 274 g/mol. The molecular formula is C11H13NO4S2. The van der Waals surface area contributed by atoms with Crippen molar-refractivity contribution in [3.63, 3.8) is 0 Å². The third-order valence-electron chi connectivity index (χ3n) is 1.99. The fourth-order valence-corrected chi connectivity index (χ4v) is 2.55. The Morgan fingerprint density at radius 1 is 1.44 bits per heavy atom. The number of hydrogen-bond donors (Lipinski definition) is 2. The molecule has 1 aromatic rings. The van der Waals surface area contributed by atoms with E-state index in [0.717, 1.165) is 0 Å². The molecule has 0 atom stereocenters. The maximum absolute atomic E-state index is 11.6. The second-order valence-electron chi connectivity index (χ2n) is 3.46. The van der Waals surface area contributed by atoms with Gasteiger partial charge in [0.1, 0.15) is 0 Å². The average molecular weight is 287 g/mol. The van der Waals surface area contributed by atoms with Crippen molar-refractivity contribution < 1.29 is 19.5 Å². The minimum absolute atomic E-state index is 0.0311. The minimum Gasteiger partial charge on any atom is -0.481 e. The van der Waals surface area contributed by atoms with Crippen LogP contribution in [0.1, 0.15) is 27.0 Å². The van der Waals surface area contributed by atoms with Crippen molar-refractivity contribution in [2.75, 3.05) is 18.1 Å². The molecule has 18 heavy (non-hydrogen) atoms. The molecule has 2 N–H and O–H groups in total. The number of aliphatic carboxylic acids is 1. The number of hydrogen-bond acceptors (Lipinski definition) is 5. The van der Waals surface area contributed by atoms with Crippen LogP contribution >= 0.6 is 23.1 Å². The number of nitrogens with one attached hydrogen (secondary N) is 1. The largest absolute Gasteiger partial charge is 0.481 e. The van der Waals surface area contributed by atoms with Crippen molar-refractivity contribution in [1.82, 2.24) is 5.32 Å². The first-order valence-corrected chi connectivity index (χ1v) is 7.21. The lowest BCUT2D eigenvalue weighted by Crippen LogP contribution is -2.25. The van der Waals surface area contributed by atoms with E-state index in [1.807, 2.05) is 0 Å². The Bertz CT molecular complexity index is 456. The van der Waals surface area contributed by atoms with Crippen LogP contribution in [-0.4, -0.2) is 40.8 Å². The third-order valence-corrected chi connectivity index (χ3v) is 3.86. The molecule has 0 bridgehead atoms. The first-order chi connectivity index (χ1) is 8.50. The van der Waals surface area contributed by atoms with E-state index in [1.165, 1.54) is 30.0 Å². The topological polar surface area (TPSA) is 83.5 Å². The number of carbonyl (C=O) groups is 3. The highest BCUT2D eigenvalue weighted by molar-refractivity contribution is 7.99.